The van der Waals surface area contributed by atoms with Crippen LogP contribution in [0.2, 0.25) is 0 Å². The topological polar surface area (TPSA) is 375 Å². The summed E-state index contributed by atoms with van der Waals surface area (Å²) in [5.41, 5.74) is 4.08. The number of carbonyl (C=O) groups excluding carboxylic acids is 3. The minimum atomic E-state index is -5.91. The Kier molecular flexibility index (Phi) is 19.7. The number of ether oxygens (including phenoxy) is 1. The molecule has 2 amide bonds. The van der Waals surface area contributed by atoms with Gasteiger partial charge in [0.05, 0.1) is 27.4 Å². The van der Waals surface area contributed by atoms with E-state index in [-0.39, 0.29) is 41.6 Å². The fourth-order valence-electron chi connectivity index (χ4n) is 5.73. The van der Waals surface area contributed by atoms with Crippen LogP contribution in [0.1, 0.15) is 79.4 Å². The number of rotatable bonds is 26. The molecule has 0 saturated carbocycles. The summed E-state index contributed by atoms with van der Waals surface area (Å²) < 4.78 is 60.7. The van der Waals surface area contributed by atoms with Crippen LogP contribution in [0.3, 0.4) is 0 Å². The average Bonchev–Trinajstić information content (AvgIpc) is 3.70. The maximum atomic E-state index is 12.6. The molecule has 1 fully saturated rings. The van der Waals surface area contributed by atoms with Crippen molar-refractivity contribution in [2.45, 2.75) is 104 Å². The smallest absolute Gasteiger partial charge is 0.274 e. The molecule has 2 unspecified atom stereocenters. The summed E-state index contributed by atoms with van der Waals surface area (Å²) in [5, 5.41) is 26.4. The molecule has 1 aliphatic rings. The van der Waals surface area contributed by atoms with Gasteiger partial charge in [0.25, 0.3) is 15.6 Å². The molecule has 60 heavy (non-hydrogen) atoms. The van der Waals surface area contributed by atoms with Crippen LogP contribution in [0, 0.1) is 17.3 Å². The summed E-state index contributed by atoms with van der Waals surface area (Å²) >= 11 is 1.13. The fraction of sp³-hybridized carbons (Fsp3) is 0.750. The Morgan fingerprint density at radius 2 is 1.68 bits per heavy atom. The third kappa shape index (κ3) is 17.0. The Morgan fingerprint density at radius 3 is 2.35 bits per heavy atom. The molecule has 0 aliphatic carbocycles. The molecule has 0 bridgehead atoms. The van der Waals surface area contributed by atoms with E-state index in [2.05, 4.69) is 64.2 Å². The predicted octanol–water partition coefficient (Wildman–Crippen LogP) is -0.621. The summed E-state index contributed by atoms with van der Waals surface area (Å²) in [6, 6.07) is 0. The summed E-state index contributed by atoms with van der Waals surface area (Å²) in [5.74, 6) is -0.0463. The van der Waals surface area contributed by atoms with Gasteiger partial charge in [-0.2, -0.15) is 0 Å². The second kappa shape index (κ2) is 22.8. The van der Waals surface area contributed by atoms with Gasteiger partial charge in [-0.3, -0.25) is 28.1 Å². The number of nitrogens with zero attached hydrogens (tertiary/aromatic N) is 4. The van der Waals surface area contributed by atoms with Gasteiger partial charge in [0.15, 0.2) is 22.8 Å². The standard InChI is InChI=1S/C32H56N7O17P3S/c1-19(2)7-6-8-20(3)9-10-23(41)60-14-13-34-22(40)11-12-35-30(44)27(43)32(4,5)16-53-59(50,51)56-58(48,49)52-15-21-26(55-57(45,46)47)25(42)31(54-21)39-18-38-24-28(33)36-17-37-29(24)39/h17-21,25-27,31,42-43H,6-16H2,1-5H3,(H,34,40)(H,35,44)(H,48,49)(H,50,51)(H2,33,36,37)(H2,45,46,47)/p-4/t20-,21-,25-,26-,27+,31-/m1/s1. The number of aliphatic hydroxyl groups is 2. The number of phosphoric acid groups is 3. The van der Waals surface area contributed by atoms with Gasteiger partial charge in [0, 0.05) is 37.1 Å². The highest BCUT2D eigenvalue weighted by Crippen LogP contribution is 2.56. The molecule has 8 atom stereocenters. The normalized spacial score (nSPS) is 21.7. The molecular formula is C32H52N7O17P3S-4. The van der Waals surface area contributed by atoms with E-state index in [1.54, 1.807) is 0 Å². The number of hydrogen-bond donors (Lipinski definition) is 5. The zero-order chi connectivity index (χ0) is 45.1. The molecule has 0 radical (unpaired) electrons. The van der Waals surface area contributed by atoms with Crippen LogP contribution in [0.4, 0.5) is 5.82 Å². The zero-order valence-electron chi connectivity index (χ0n) is 33.6. The lowest BCUT2D eigenvalue weighted by Crippen LogP contribution is -2.46. The molecule has 24 nitrogen and oxygen atoms in total. The van der Waals surface area contributed by atoms with Crippen molar-refractivity contribution in [3.05, 3.63) is 12.7 Å². The van der Waals surface area contributed by atoms with Gasteiger partial charge in [-0.15, -0.1) is 0 Å². The van der Waals surface area contributed by atoms with Crippen molar-refractivity contribution in [1.29, 1.82) is 0 Å². The number of aromatic nitrogens is 4. The van der Waals surface area contributed by atoms with E-state index >= 15 is 0 Å². The maximum Gasteiger partial charge on any atom is 0.274 e. The van der Waals surface area contributed by atoms with Gasteiger partial charge in [0.2, 0.25) is 11.8 Å². The first kappa shape index (κ1) is 51.9. The Balaban J connectivity index is 1.42. The second-order valence-electron chi connectivity index (χ2n) is 15.2. The number of anilines is 1. The van der Waals surface area contributed by atoms with Crippen LogP contribution in [0.25, 0.3) is 11.2 Å². The number of carbonyl (C=O) groups is 3. The minimum Gasteiger partial charge on any atom is -0.790 e. The Hall–Kier alpha value is -2.44. The summed E-state index contributed by atoms with van der Waals surface area (Å²) in [6.45, 7) is 6.64. The summed E-state index contributed by atoms with van der Waals surface area (Å²) in [4.78, 5) is 96.5. The molecule has 6 N–H and O–H groups in total. The zero-order valence-corrected chi connectivity index (χ0v) is 37.1. The Morgan fingerprint density at radius 1 is 1.00 bits per heavy atom. The first-order valence-corrected chi connectivity index (χ1v) is 24.1. The molecular weight excluding hydrogens is 879 g/mol. The molecule has 3 rings (SSSR count). The van der Waals surface area contributed by atoms with Crippen LogP contribution in [-0.4, -0.2) is 103 Å². The highest BCUT2D eigenvalue weighted by atomic mass is 32.2. The maximum absolute atomic E-state index is 12.6. The van der Waals surface area contributed by atoms with E-state index in [0.717, 1.165) is 54.7 Å². The summed E-state index contributed by atoms with van der Waals surface area (Å²) in [6.07, 6.45) is -2.94. The van der Waals surface area contributed by atoms with Crippen molar-refractivity contribution in [2.75, 3.05) is 37.8 Å². The largest absolute Gasteiger partial charge is 0.790 e. The lowest BCUT2D eigenvalue weighted by atomic mass is 9.87. The number of nitrogens with one attached hydrogen (secondary N) is 2. The first-order chi connectivity index (χ1) is 27.8. The van der Waals surface area contributed by atoms with Crippen LogP contribution < -0.4 is 35.9 Å². The average molecular weight is 932 g/mol. The van der Waals surface area contributed by atoms with Gasteiger partial charge >= 0.3 is 0 Å². The lowest BCUT2D eigenvalue weighted by Gasteiger charge is -2.36. The molecule has 1 saturated heterocycles. The minimum absolute atomic E-state index is 0.0195. The van der Waals surface area contributed by atoms with E-state index in [4.69, 9.17) is 10.5 Å². The predicted molar refractivity (Wildman–Crippen MR) is 205 cm³/mol. The van der Waals surface area contributed by atoms with Crippen molar-refractivity contribution in [3.8, 4) is 0 Å². The monoisotopic (exact) mass is 931 g/mol. The third-order valence-corrected chi connectivity index (χ3v) is 13.0. The number of phosphoric ester groups is 3. The van der Waals surface area contributed by atoms with Crippen LogP contribution in [0.5, 0.6) is 0 Å². The molecule has 0 aromatic carbocycles. The van der Waals surface area contributed by atoms with E-state index in [0.29, 0.717) is 24.0 Å². The van der Waals surface area contributed by atoms with Gasteiger partial charge in [0.1, 0.15) is 36.3 Å². The molecule has 342 valence electrons. The van der Waals surface area contributed by atoms with Crippen molar-refractivity contribution < 1.29 is 80.5 Å². The number of amides is 2. The second-order valence-corrected chi connectivity index (χ2v) is 20.4. The highest BCUT2D eigenvalue weighted by molar-refractivity contribution is 8.13. The Labute approximate surface area is 350 Å². The quantitative estimate of drug-likeness (QED) is 0.0579. The van der Waals surface area contributed by atoms with Crippen LogP contribution in [0.15, 0.2) is 12.7 Å². The number of nitrogens with two attached hydrogens (primary N) is 1. The molecule has 2 aromatic heterocycles. The van der Waals surface area contributed by atoms with E-state index in [9.17, 15) is 57.9 Å². The first-order valence-electron chi connectivity index (χ1n) is 18.8. The number of fused-ring (bicyclic) bond motifs is 1. The van der Waals surface area contributed by atoms with E-state index < -0.39 is 84.6 Å². The van der Waals surface area contributed by atoms with Gasteiger partial charge in [-0.1, -0.05) is 65.6 Å². The SMILES string of the molecule is CC(C)CCC[C@@H](C)CCC(=O)SCCNC(=O)CCNC(=O)[C@H](O)C(C)(C)COP(=O)([O-])OP(=O)([O-])OC[C@H]1O[C@@H](n2cnc3c(N)ncnc32)[C@H](O)[C@@H]1OP(=O)([O-])[O-]. The number of nitrogen functional groups attached to an aromatic ring is 1. The van der Waals surface area contributed by atoms with Crippen molar-refractivity contribution in [2.24, 2.45) is 17.3 Å². The fourth-order valence-corrected chi connectivity index (χ4v) is 9.16. The Bertz CT molecular complexity index is 1900. The van der Waals surface area contributed by atoms with E-state index in [1.807, 2.05) is 0 Å². The number of thioether (sulfide) groups is 1. The third-order valence-electron chi connectivity index (χ3n) is 9.06. The van der Waals surface area contributed by atoms with Crippen LogP contribution >= 0.6 is 35.2 Å². The molecule has 28 heteroatoms. The van der Waals surface area contributed by atoms with Crippen molar-refractivity contribution in [3.63, 3.8) is 0 Å². The molecule has 0 spiro atoms. The molecule has 1 aliphatic heterocycles. The number of imidazole rings is 1. The molecule has 2 aromatic rings. The van der Waals surface area contributed by atoms with Gasteiger partial charge in [-0.25, -0.2) is 19.3 Å². The number of aliphatic hydroxyl groups excluding tert-OH is 2. The van der Waals surface area contributed by atoms with Crippen molar-refractivity contribution >= 4 is 69.1 Å². The van der Waals surface area contributed by atoms with Gasteiger partial charge < -0.3 is 69.0 Å². The number of hydrogen-bond acceptors (Lipinski definition) is 22. The summed E-state index contributed by atoms with van der Waals surface area (Å²) in [7, 11) is -17.6. The van der Waals surface area contributed by atoms with E-state index in [1.165, 1.54) is 13.8 Å². The van der Waals surface area contributed by atoms with Gasteiger partial charge in [-0.05, 0) is 18.3 Å². The van der Waals surface area contributed by atoms with Crippen molar-refractivity contribution in [1.82, 2.24) is 30.2 Å². The lowest BCUT2D eigenvalue weighted by molar-refractivity contribution is -0.347. The molecule has 3 heterocycles. The highest BCUT2D eigenvalue weighted by Gasteiger charge is 2.47. The van der Waals surface area contributed by atoms with Crippen LogP contribution in [-0.2, 0) is 50.7 Å².